The number of rotatable bonds is 3. The molecule has 0 amide bonds. The third kappa shape index (κ3) is 3.41. The van der Waals surface area contributed by atoms with Crippen LogP contribution >= 0.6 is 15.9 Å². The van der Waals surface area contributed by atoms with Gasteiger partial charge < -0.3 is 26.6 Å². The van der Waals surface area contributed by atoms with E-state index in [2.05, 4.69) is 35.8 Å². The molecule has 1 aliphatic heterocycles. The summed E-state index contributed by atoms with van der Waals surface area (Å²) in [6.45, 7) is 2.66. The first-order valence-electron chi connectivity index (χ1n) is 10.5. The number of fused-ring (bicyclic) bond motifs is 2. The Morgan fingerprint density at radius 1 is 1.19 bits per heavy atom. The maximum absolute atomic E-state index is 10.9. The Morgan fingerprint density at radius 2 is 2.00 bits per heavy atom. The number of aliphatic hydroxyl groups excluding tert-OH is 2. The molecule has 2 aliphatic rings. The van der Waals surface area contributed by atoms with Crippen molar-refractivity contribution >= 4 is 50.4 Å². The molecule has 3 aromatic rings. The minimum Gasteiger partial charge on any atom is -0.389 e. The second kappa shape index (κ2) is 7.68. The van der Waals surface area contributed by atoms with E-state index in [-0.39, 0.29) is 6.04 Å². The van der Waals surface area contributed by atoms with Crippen molar-refractivity contribution in [2.75, 3.05) is 22.9 Å². The highest BCUT2D eigenvalue weighted by Crippen LogP contribution is 2.45. The molecule has 1 aromatic carbocycles. The zero-order valence-corrected chi connectivity index (χ0v) is 19.2. The number of aromatic nitrogens is 3. The number of hydrogen-bond acceptors (Lipinski definition) is 8. The normalized spacial score (nSPS) is 27.5. The maximum Gasteiger partial charge on any atom is 0.138 e. The summed E-state index contributed by atoms with van der Waals surface area (Å²) in [7, 11) is 0. The highest BCUT2D eigenvalue weighted by molar-refractivity contribution is 9.10. The second-order valence-electron chi connectivity index (χ2n) is 8.86. The first kappa shape index (κ1) is 21.1. The van der Waals surface area contributed by atoms with E-state index in [1.54, 1.807) is 0 Å². The van der Waals surface area contributed by atoms with Crippen molar-refractivity contribution < 1.29 is 10.2 Å². The Kier molecular flexibility index (Phi) is 5.07. The minimum atomic E-state index is -0.905. The monoisotopic (exact) mass is 496 g/mol. The molecule has 0 radical (unpaired) electrons. The number of anilines is 3. The molecule has 6 N–H and O–H groups in total. The number of halogens is 1. The summed E-state index contributed by atoms with van der Waals surface area (Å²) in [5.41, 5.74) is 14.0. The number of benzene rings is 1. The summed E-state index contributed by atoms with van der Waals surface area (Å²) in [5, 5.41) is 22.8. The van der Waals surface area contributed by atoms with Gasteiger partial charge in [0.15, 0.2) is 0 Å². The van der Waals surface area contributed by atoms with Crippen molar-refractivity contribution in [1.29, 1.82) is 0 Å². The molecule has 0 bridgehead atoms. The summed E-state index contributed by atoms with van der Waals surface area (Å²) in [4.78, 5) is 15.0. The second-order valence-corrected chi connectivity index (χ2v) is 9.71. The van der Waals surface area contributed by atoms with Gasteiger partial charge in [-0.1, -0.05) is 31.2 Å². The van der Waals surface area contributed by atoms with Crippen LogP contribution in [0.5, 0.6) is 0 Å². The van der Waals surface area contributed by atoms with Crippen molar-refractivity contribution in [3.8, 4) is 0 Å². The quantitative estimate of drug-likeness (QED) is 0.434. The molecular formula is C23H25BrN6O2. The number of hydrogen-bond donors (Lipinski definition) is 4. The molecule has 9 heteroatoms. The third-order valence-corrected chi connectivity index (χ3v) is 7.39. The number of nitrogen functional groups attached to an aromatic ring is 2. The first-order chi connectivity index (χ1) is 15.3. The predicted octanol–water partition coefficient (Wildman–Crippen LogP) is 2.53. The molecule has 1 saturated carbocycles. The number of nitrogens with zero attached hydrogens (tertiary/aromatic N) is 4. The summed E-state index contributed by atoms with van der Waals surface area (Å²) >= 11 is 3.41. The van der Waals surface area contributed by atoms with Crippen LogP contribution in [0.1, 0.15) is 24.5 Å². The van der Waals surface area contributed by atoms with E-state index in [1.807, 2.05) is 43.3 Å². The smallest absolute Gasteiger partial charge is 0.138 e. The van der Waals surface area contributed by atoms with Crippen molar-refractivity contribution in [3.63, 3.8) is 0 Å². The minimum absolute atomic E-state index is 0.259. The van der Waals surface area contributed by atoms with Gasteiger partial charge in [0.05, 0.1) is 22.1 Å². The Bertz CT molecular complexity index is 1230. The standard InChI is InChI=1S/C23H25BrN6O2/c1-23(6-4-12-2-3-13-9-15(24)21(26)29-16(13)8-12)10-17(18(31)19(23)32)30-7-5-14-20(25)27-11-28-22(14)30/h2-4,6,8-9,11,17-19,31-32H,5,7,10H2,1H3,(H2,26,29)(H2,25,27,28)/b6-4+. The van der Waals surface area contributed by atoms with Gasteiger partial charge in [-0.2, -0.15) is 0 Å². The van der Waals surface area contributed by atoms with Crippen molar-refractivity contribution in [2.45, 2.75) is 38.0 Å². The van der Waals surface area contributed by atoms with Crippen molar-refractivity contribution in [1.82, 2.24) is 15.0 Å². The molecule has 4 atom stereocenters. The van der Waals surface area contributed by atoms with Crippen LogP contribution in [0.4, 0.5) is 17.5 Å². The van der Waals surface area contributed by atoms with E-state index in [0.717, 1.165) is 38.7 Å². The van der Waals surface area contributed by atoms with E-state index in [0.29, 0.717) is 24.6 Å². The molecule has 5 rings (SSSR count). The van der Waals surface area contributed by atoms with Crippen LogP contribution < -0.4 is 16.4 Å². The van der Waals surface area contributed by atoms with Crippen LogP contribution in [0.15, 0.2) is 41.1 Å². The fourth-order valence-electron chi connectivity index (χ4n) is 4.88. The summed E-state index contributed by atoms with van der Waals surface area (Å²) < 4.78 is 0.769. The Labute approximate surface area is 194 Å². The molecule has 3 heterocycles. The molecule has 32 heavy (non-hydrogen) atoms. The van der Waals surface area contributed by atoms with Crippen molar-refractivity contribution in [2.24, 2.45) is 5.41 Å². The topological polar surface area (TPSA) is 134 Å². The molecule has 4 unspecified atom stereocenters. The van der Waals surface area contributed by atoms with Gasteiger partial charge in [-0.15, -0.1) is 0 Å². The van der Waals surface area contributed by atoms with Gasteiger partial charge in [0, 0.05) is 22.9 Å². The average Bonchev–Trinajstić information content (AvgIpc) is 3.29. The van der Waals surface area contributed by atoms with Crippen LogP contribution in [0.3, 0.4) is 0 Å². The highest BCUT2D eigenvalue weighted by atomic mass is 79.9. The Balaban J connectivity index is 1.41. The molecule has 2 aromatic heterocycles. The lowest BCUT2D eigenvalue weighted by Gasteiger charge is -2.28. The SMILES string of the molecule is CC1(/C=C/c2ccc3cc(Br)c(N)nc3c2)CC(N2CCc3c(N)ncnc32)C(O)C1O. The van der Waals surface area contributed by atoms with Gasteiger partial charge >= 0.3 is 0 Å². The van der Waals surface area contributed by atoms with Crippen LogP contribution in [-0.2, 0) is 6.42 Å². The van der Waals surface area contributed by atoms with Gasteiger partial charge in [0.2, 0.25) is 0 Å². The van der Waals surface area contributed by atoms with Gasteiger partial charge in [0.1, 0.15) is 29.9 Å². The van der Waals surface area contributed by atoms with E-state index in [1.165, 1.54) is 6.33 Å². The molecule has 166 valence electrons. The fraction of sp³-hybridized carbons (Fsp3) is 0.348. The van der Waals surface area contributed by atoms with Gasteiger partial charge in [-0.05, 0) is 46.5 Å². The molecule has 0 saturated heterocycles. The molecule has 1 fully saturated rings. The van der Waals surface area contributed by atoms with Crippen LogP contribution in [0.25, 0.3) is 17.0 Å². The third-order valence-electron chi connectivity index (χ3n) is 6.75. The number of aliphatic hydroxyl groups is 2. The van der Waals surface area contributed by atoms with Crippen LogP contribution in [0.2, 0.25) is 0 Å². The Hall–Kier alpha value is -2.75. The molecule has 1 aliphatic carbocycles. The zero-order valence-electron chi connectivity index (χ0n) is 17.6. The van der Waals surface area contributed by atoms with Gasteiger partial charge in [0.25, 0.3) is 0 Å². The molecular weight excluding hydrogens is 472 g/mol. The highest BCUT2D eigenvalue weighted by Gasteiger charge is 2.51. The lowest BCUT2D eigenvalue weighted by atomic mass is 9.85. The number of pyridine rings is 1. The average molecular weight is 497 g/mol. The largest absolute Gasteiger partial charge is 0.389 e. The fourth-order valence-corrected chi connectivity index (χ4v) is 5.22. The number of nitrogens with two attached hydrogens (primary N) is 2. The lowest BCUT2D eigenvalue weighted by Crippen LogP contribution is -2.43. The lowest BCUT2D eigenvalue weighted by molar-refractivity contribution is -0.00109. The van der Waals surface area contributed by atoms with Gasteiger partial charge in [-0.25, -0.2) is 15.0 Å². The van der Waals surface area contributed by atoms with E-state index >= 15 is 0 Å². The van der Waals surface area contributed by atoms with Gasteiger partial charge in [-0.3, -0.25) is 0 Å². The summed E-state index contributed by atoms with van der Waals surface area (Å²) in [5.74, 6) is 1.68. The molecule has 0 spiro atoms. The predicted molar refractivity (Wildman–Crippen MR) is 129 cm³/mol. The van der Waals surface area contributed by atoms with Crippen LogP contribution in [-0.4, -0.2) is 50.0 Å². The maximum atomic E-state index is 10.9. The van der Waals surface area contributed by atoms with E-state index in [4.69, 9.17) is 11.5 Å². The Morgan fingerprint density at radius 3 is 2.81 bits per heavy atom. The van der Waals surface area contributed by atoms with E-state index in [9.17, 15) is 10.2 Å². The van der Waals surface area contributed by atoms with Crippen molar-refractivity contribution in [3.05, 3.63) is 52.3 Å². The molecule has 8 nitrogen and oxygen atoms in total. The van der Waals surface area contributed by atoms with E-state index < -0.39 is 17.6 Å². The van der Waals surface area contributed by atoms with Crippen LogP contribution in [0, 0.1) is 5.41 Å². The zero-order chi connectivity index (χ0) is 22.6. The summed E-state index contributed by atoms with van der Waals surface area (Å²) in [6.07, 6.45) is 4.91. The first-order valence-corrected chi connectivity index (χ1v) is 11.3. The summed E-state index contributed by atoms with van der Waals surface area (Å²) in [6, 6.07) is 7.63.